The van der Waals surface area contributed by atoms with E-state index in [9.17, 15) is 0 Å². The second kappa shape index (κ2) is 5.86. The molecule has 0 aliphatic carbocycles. The molecule has 0 aromatic carbocycles. The van der Waals surface area contributed by atoms with E-state index >= 15 is 0 Å². The molecule has 0 radical (unpaired) electrons. The molecule has 1 aromatic rings. The monoisotopic (exact) mass is 207 g/mol. The Morgan fingerprint density at radius 3 is 2.93 bits per heavy atom. The Kier molecular flexibility index (Phi) is 4.74. The van der Waals surface area contributed by atoms with Gasteiger partial charge < -0.3 is 0 Å². The molecule has 0 fully saturated rings. The van der Waals surface area contributed by atoms with Gasteiger partial charge in [0.2, 0.25) is 0 Å². The molecule has 0 saturated carbocycles. The van der Waals surface area contributed by atoms with Crippen molar-refractivity contribution in [1.29, 1.82) is 0 Å². The van der Waals surface area contributed by atoms with Crippen molar-refractivity contribution in [3.8, 4) is 0 Å². The number of hydrogen-bond donors (Lipinski definition) is 0. The van der Waals surface area contributed by atoms with Crippen molar-refractivity contribution >= 4 is 11.8 Å². The van der Waals surface area contributed by atoms with Gasteiger partial charge in [0.15, 0.2) is 0 Å². The Morgan fingerprint density at radius 1 is 1.57 bits per heavy atom. The van der Waals surface area contributed by atoms with Crippen molar-refractivity contribution in [2.45, 2.75) is 32.2 Å². The van der Waals surface area contributed by atoms with Crippen LogP contribution in [-0.4, -0.2) is 4.98 Å². The minimum atomic E-state index is 0.659. The van der Waals surface area contributed by atoms with Crippen LogP contribution in [0.15, 0.2) is 40.4 Å². The molecular weight excluding hydrogens is 190 g/mol. The molecule has 1 nitrogen and oxygen atoms in total. The van der Waals surface area contributed by atoms with Crippen molar-refractivity contribution in [2.75, 3.05) is 0 Å². The van der Waals surface area contributed by atoms with Crippen LogP contribution in [0.25, 0.3) is 0 Å². The Bertz CT molecular complexity index is 292. The van der Waals surface area contributed by atoms with E-state index in [2.05, 4.69) is 31.8 Å². The second-order valence-corrected chi connectivity index (χ2v) is 4.70. The Labute approximate surface area is 90.6 Å². The summed E-state index contributed by atoms with van der Waals surface area (Å²) in [6.45, 7) is 6.59. The molecule has 14 heavy (non-hydrogen) atoms. The van der Waals surface area contributed by atoms with E-state index in [4.69, 9.17) is 0 Å². The van der Waals surface area contributed by atoms with E-state index in [0.29, 0.717) is 5.92 Å². The molecule has 0 spiro atoms. The van der Waals surface area contributed by atoms with Crippen LogP contribution in [0.5, 0.6) is 0 Å². The third-order valence-corrected chi connectivity index (χ3v) is 2.98. The third-order valence-electron chi connectivity index (χ3n) is 2.07. The summed E-state index contributed by atoms with van der Waals surface area (Å²) in [7, 11) is 0. The molecule has 0 N–H and O–H groups in total. The third kappa shape index (κ3) is 3.97. The normalized spacial score (nSPS) is 14.1. The Balaban J connectivity index is 2.57. The van der Waals surface area contributed by atoms with Crippen molar-refractivity contribution in [2.24, 2.45) is 5.92 Å². The highest BCUT2D eigenvalue weighted by Crippen LogP contribution is 2.25. The minimum Gasteiger partial charge on any atom is -0.250 e. The molecular formula is C12H17NS. The zero-order chi connectivity index (χ0) is 10.4. The largest absolute Gasteiger partial charge is 0.250 e. The topological polar surface area (TPSA) is 12.9 Å². The first kappa shape index (κ1) is 11.3. The van der Waals surface area contributed by atoms with E-state index < -0.39 is 0 Å². The molecule has 1 rings (SSSR count). The summed E-state index contributed by atoms with van der Waals surface area (Å²) in [5.74, 6) is 0.659. The first-order chi connectivity index (χ1) is 6.72. The average Bonchev–Trinajstić information content (AvgIpc) is 2.19. The van der Waals surface area contributed by atoms with Gasteiger partial charge in [-0.3, -0.25) is 0 Å². The maximum absolute atomic E-state index is 4.27. The fourth-order valence-corrected chi connectivity index (χ4v) is 2.02. The summed E-state index contributed by atoms with van der Waals surface area (Å²) >= 11 is 1.74. The number of thioether (sulfide) groups is 1. The summed E-state index contributed by atoms with van der Waals surface area (Å²) in [6.07, 6.45) is 5.33. The molecule has 0 bridgehead atoms. The number of hydrogen-bond acceptors (Lipinski definition) is 2. The quantitative estimate of drug-likeness (QED) is 0.689. The highest BCUT2D eigenvalue weighted by molar-refractivity contribution is 8.03. The van der Waals surface area contributed by atoms with Crippen molar-refractivity contribution in [3.63, 3.8) is 0 Å². The fraction of sp³-hybridized carbons (Fsp3) is 0.417. The molecule has 0 aliphatic heterocycles. The summed E-state index contributed by atoms with van der Waals surface area (Å²) < 4.78 is 0. The van der Waals surface area contributed by atoms with E-state index in [0.717, 1.165) is 5.03 Å². The van der Waals surface area contributed by atoms with Crippen LogP contribution < -0.4 is 0 Å². The molecule has 76 valence electrons. The molecule has 1 aromatic heterocycles. The molecule has 0 amide bonds. The van der Waals surface area contributed by atoms with Crippen LogP contribution in [0.3, 0.4) is 0 Å². The Hall–Kier alpha value is -0.760. The molecule has 0 saturated heterocycles. The highest BCUT2D eigenvalue weighted by atomic mass is 32.2. The number of pyridine rings is 1. The smallest absolute Gasteiger partial charge is 0.100 e. The molecule has 0 unspecified atom stereocenters. The number of aromatic nitrogens is 1. The predicted molar refractivity (Wildman–Crippen MR) is 63.3 cm³/mol. The highest BCUT2D eigenvalue weighted by Gasteiger charge is 1.98. The number of nitrogens with zero attached hydrogens (tertiary/aromatic N) is 1. The summed E-state index contributed by atoms with van der Waals surface area (Å²) in [5.41, 5.74) is 0. The number of allylic oxidation sites excluding steroid dienone is 2. The average molecular weight is 207 g/mol. The van der Waals surface area contributed by atoms with Crippen molar-refractivity contribution in [3.05, 3.63) is 35.4 Å². The molecule has 1 atom stereocenters. The van der Waals surface area contributed by atoms with Gasteiger partial charge in [0.25, 0.3) is 0 Å². The van der Waals surface area contributed by atoms with Gasteiger partial charge in [-0.2, -0.15) is 0 Å². The van der Waals surface area contributed by atoms with Crippen LogP contribution in [0.1, 0.15) is 27.2 Å². The van der Waals surface area contributed by atoms with Crippen LogP contribution in [0.4, 0.5) is 0 Å². The second-order valence-electron chi connectivity index (χ2n) is 3.43. The van der Waals surface area contributed by atoms with E-state index in [1.807, 2.05) is 24.4 Å². The zero-order valence-electron chi connectivity index (χ0n) is 9.03. The predicted octanol–water partition coefficient (Wildman–Crippen LogP) is 4.12. The van der Waals surface area contributed by atoms with Crippen LogP contribution >= 0.6 is 11.8 Å². The lowest BCUT2D eigenvalue weighted by atomic mass is 10.1. The zero-order valence-corrected chi connectivity index (χ0v) is 9.84. The van der Waals surface area contributed by atoms with Gasteiger partial charge in [0.05, 0.1) is 0 Å². The van der Waals surface area contributed by atoms with E-state index in [1.54, 1.807) is 11.8 Å². The van der Waals surface area contributed by atoms with Gasteiger partial charge in [-0.15, -0.1) is 0 Å². The van der Waals surface area contributed by atoms with Gasteiger partial charge in [-0.25, -0.2) is 4.98 Å². The van der Waals surface area contributed by atoms with E-state index in [1.165, 1.54) is 11.3 Å². The maximum atomic E-state index is 4.27. The lowest BCUT2D eigenvalue weighted by molar-refractivity contribution is 0.696. The first-order valence-corrected chi connectivity index (χ1v) is 5.81. The van der Waals surface area contributed by atoms with Gasteiger partial charge in [0, 0.05) is 6.20 Å². The van der Waals surface area contributed by atoms with Crippen molar-refractivity contribution in [1.82, 2.24) is 4.98 Å². The lowest BCUT2D eigenvalue weighted by Crippen LogP contribution is -1.86. The first-order valence-electron chi connectivity index (χ1n) is 4.99. The molecule has 0 aliphatic rings. The van der Waals surface area contributed by atoms with Crippen LogP contribution in [0, 0.1) is 5.92 Å². The van der Waals surface area contributed by atoms with Gasteiger partial charge in [-0.1, -0.05) is 44.2 Å². The maximum Gasteiger partial charge on any atom is 0.100 e. The standard InChI is InChI=1S/C12H17NS/c1-4-10(2)9-11(3)14-12-7-5-6-8-13-12/h5-10H,4H2,1-3H3/b11-9+/t10-/m0/s1. The van der Waals surface area contributed by atoms with E-state index in [-0.39, 0.29) is 0 Å². The molecule has 1 heterocycles. The van der Waals surface area contributed by atoms with Crippen molar-refractivity contribution < 1.29 is 0 Å². The summed E-state index contributed by atoms with van der Waals surface area (Å²) in [6, 6.07) is 6.00. The van der Waals surface area contributed by atoms with Crippen LogP contribution in [0.2, 0.25) is 0 Å². The van der Waals surface area contributed by atoms with Crippen LogP contribution in [-0.2, 0) is 0 Å². The SMILES string of the molecule is CC[C@H](C)/C=C(\C)Sc1ccccn1. The lowest BCUT2D eigenvalue weighted by Gasteiger charge is -2.04. The summed E-state index contributed by atoms with van der Waals surface area (Å²) in [5, 5.41) is 1.07. The summed E-state index contributed by atoms with van der Waals surface area (Å²) in [4.78, 5) is 5.61. The number of rotatable bonds is 4. The van der Waals surface area contributed by atoms with Gasteiger partial charge in [0.1, 0.15) is 5.03 Å². The fourth-order valence-electron chi connectivity index (χ4n) is 1.12. The molecule has 2 heteroatoms. The van der Waals surface area contributed by atoms with Gasteiger partial charge >= 0.3 is 0 Å². The van der Waals surface area contributed by atoms with Gasteiger partial charge in [-0.05, 0) is 29.9 Å². The minimum absolute atomic E-state index is 0.659. The Morgan fingerprint density at radius 2 is 2.36 bits per heavy atom.